The van der Waals surface area contributed by atoms with Gasteiger partial charge in [-0.2, -0.15) is 0 Å². The molecule has 1 atom stereocenters. The predicted molar refractivity (Wildman–Crippen MR) is 70.1 cm³/mol. The van der Waals surface area contributed by atoms with Crippen molar-refractivity contribution in [2.45, 2.75) is 32.7 Å². The molecular formula is C13H18N2O3. The monoisotopic (exact) mass is 250 g/mol. The van der Waals surface area contributed by atoms with Crippen molar-refractivity contribution in [1.82, 2.24) is 0 Å². The fraction of sp³-hybridized carbons (Fsp3) is 0.538. The summed E-state index contributed by atoms with van der Waals surface area (Å²) in [7, 11) is 1.52. The Balaban J connectivity index is 2.19. The van der Waals surface area contributed by atoms with Crippen molar-refractivity contribution in [3.8, 4) is 5.75 Å². The van der Waals surface area contributed by atoms with Gasteiger partial charge in [0.25, 0.3) is 5.69 Å². The zero-order valence-electron chi connectivity index (χ0n) is 10.9. The molecule has 5 heteroatoms. The summed E-state index contributed by atoms with van der Waals surface area (Å²) in [5.41, 5.74) is 1.19. The van der Waals surface area contributed by atoms with Crippen LogP contribution in [0.25, 0.3) is 0 Å². The zero-order chi connectivity index (χ0) is 13.3. The van der Waals surface area contributed by atoms with Gasteiger partial charge in [0.1, 0.15) is 5.75 Å². The van der Waals surface area contributed by atoms with Gasteiger partial charge >= 0.3 is 0 Å². The highest BCUT2D eigenvalue weighted by molar-refractivity contribution is 5.61. The molecule has 2 rings (SSSR count). The number of rotatable bonds is 5. The van der Waals surface area contributed by atoms with Crippen LogP contribution in [0.4, 0.5) is 11.4 Å². The van der Waals surface area contributed by atoms with Gasteiger partial charge in [0.05, 0.1) is 23.8 Å². The number of methoxy groups -OCH3 is 1. The quantitative estimate of drug-likeness (QED) is 0.643. The van der Waals surface area contributed by atoms with Crippen molar-refractivity contribution in [2.24, 2.45) is 5.41 Å². The van der Waals surface area contributed by atoms with E-state index < -0.39 is 4.92 Å². The maximum absolute atomic E-state index is 10.7. The maximum Gasteiger partial charge on any atom is 0.273 e. The number of nitro groups is 1. The van der Waals surface area contributed by atoms with Crippen LogP contribution in [0.2, 0.25) is 0 Å². The average molecular weight is 250 g/mol. The van der Waals surface area contributed by atoms with Crippen molar-refractivity contribution in [3.05, 3.63) is 28.3 Å². The Labute approximate surface area is 106 Å². The molecule has 0 amide bonds. The van der Waals surface area contributed by atoms with Crippen molar-refractivity contribution in [2.75, 3.05) is 12.4 Å². The molecule has 1 saturated carbocycles. The normalized spacial score (nSPS) is 17.9. The summed E-state index contributed by atoms with van der Waals surface area (Å²) < 4.78 is 5.20. The Morgan fingerprint density at radius 3 is 2.67 bits per heavy atom. The Morgan fingerprint density at radius 2 is 2.17 bits per heavy atom. The summed E-state index contributed by atoms with van der Waals surface area (Å²) >= 11 is 0. The van der Waals surface area contributed by atoms with Crippen LogP contribution >= 0.6 is 0 Å². The van der Waals surface area contributed by atoms with Crippen molar-refractivity contribution >= 4 is 11.4 Å². The summed E-state index contributed by atoms with van der Waals surface area (Å²) in [5, 5.41) is 14.1. The fourth-order valence-corrected chi connectivity index (χ4v) is 1.95. The van der Waals surface area contributed by atoms with E-state index in [-0.39, 0.29) is 5.69 Å². The Bertz CT molecular complexity index is 469. The van der Waals surface area contributed by atoms with Crippen molar-refractivity contribution < 1.29 is 9.66 Å². The van der Waals surface area contributed by atoms with E-state index in [1.54, 1.807) is 6.07 Å². The number of nitrogens with zero attached hydrogens (tertiary/aromatic N) is 1. The molecule has 1 aromatic carbocycles. The highest BCUT2D eigenvalue weighted by Crippen LogP contribution is 2.49. The molecule has 0 radical (unpaired) electrons. The number of hydrogen-bond acceptors (Lipinski definition) is 4. The minimum atomic E-state index is -0.419. The summed E-state index contributed by atoms with van der Waals surface area (Å²) in [5.74, 6) is 0.514. The number of non-ortho nitro benzene ring substituents is 1. The molecule has 1 aromatic rings. The first-order valence-corrected chi connectivity index (χ1v) is 6.05. The minimum Gasteiger partial charge on any atom is -0.494 e. The molecule has 1 unspecified atom stereocenters. The molecule has 0 heterocycles. The Kier molecular flexibility index (Phi) is 3.15. The van der Waals surface area contributed by atoms with Gasteiger partial charge < -0.3 is 10.1 Å². The van der Waals surface area contributed by atoms with Crippen molar-refractivity contribution in [1.29, 1.82) is 0 Å². The molecule has 0 saturated heterocycles. The first kappa shape index (κ1) is 12.7. The highest BCUT2D eigenvalue weighted by atomic mass is 16.6. The van der Waals surface area contributed by atoms with Crippen molar-refractivity contribution in [3.63, 3.8) is 0 Å². The average Bonchev–Trinajstić information content (AvgIpc) is 3.09. The van der Waals surface area contributed by atoms with Gasteiger partial charge in [-0.1, -0.05) is 6.92 Å². The van der Waals surface area contributed by atoms with Crippen LogP contribution < -0.4 is 10.1 Å². The molecule has 1 aliphatic rings. The number of benzene rings is 1. The molecular weight excluding hydrogens is 232 g/mol. The smallest absolute Gasteiger partial charge is 0.273 e. The number of nitro benzene ring substituents is 1. The topological polar surface area (TPSA) is 64.4 Å². The first-order chi connectivity index (χ1) is 8.46. The highest BCUT2D eigenvalue weighted by Gasteiger charge is 2.42. The van der Waals surface area contributed by atoms with Crippen LogP contribution in [-0.4, -0.2) is 18.1 Å². The first-order valence-electron chi connectivity index (χ1n) is 6.05. The summed E-state index contributed by atoms with van der Waals surface area (Å²) in [4.78, 5) is 10.3. The molecule has 0 bridgehead atoms. The van der Waals surface area contributed by atoms with E-state index in [2.05, 4.69) is 19.2 Å². The largest absolute Gasteiger partial charge is 0.494 e. The van der Waals surface area contributed by atoms with E-state index in [0.717, 1.165) is 5.69 Å². The second kappa shape index (κ2) is 4.48. The van der Waals surface area contributed by atoms with Gasteiger partial charge in [0.2, 0.25) is 0 Å². The third-order valence-corrected chi connectivity index (χ3v) is 3.85. The van der Waals surface area contributed by atoms with Crippen LogP contribution in [0.5, 0.6) is 5.75 Å². The predicted octanol–water partition coefficient (Wildman–Crippen LogP) is 3.20. The summed E-state index contributed by atoms with van der Waals surface area (Å²) in [6, 6.07) is 4.98. The van der Waals surface area contributed by atoms with Gasteiger partial charge in [-0.05, 0) is 31.2 Å². The van der Waals surface area contributed by atoms with Crippen LogP contribution in [0.3, 0.4) is 0 Å². The Hall–Kier alpha value is -1.78. The number of hydrogen-bond donors (Lipinski definition) is 1. The Morgan fingerprint density at radius 1 is 1.50 bits per heavy atom. The lowest BCUT2D eigenvalue weighted by atomic mass is 10.0. The lowest BCUT2D eigenvalue weighted by Gasteiger charge is -2.22. The maximum atomic E-state index is 10.7. The van der Waals surface area contributed by atoms with E-state index >= 15 is 0 Å². The van der Waals surface area contributed by atoms with Crippen LogP contribution in [0, 0.1) is 15.5 Å². The summed E-state index contributed by atoms with van der Waals surface area (Å²) in [6.45, 7) is 4.37. The number of ether oxygens (including phenoxy) is 1. The van der Waals surface area contributed by atoms with E-state index in [4.69, 9.17) is 4.74 Å². The molecule has 18 heavy (non-hydrogen) atoms. The second-order valence-corrected chi connectivity index (χ2v) is 5.16. The van der Waals surface area contributed by atoms with Crippen LogP contribution in [-0.2, 0) is 0 Å². The molecule has 5 nitrogen and oxygen atoms in total. The third-order valence-electron chi connectivity index (χ3n) is 3.85. The van der Waals surface area contributed by atoms with Gasteiger partial charge in [0, 0.05) is 12.1 Å². The number of anilines is 1. The van der Waals surface area contributed by atoms with Gasteiger partial charge in [-0.15, -0.1) is 0 Å². The number of nitrogens with one attached hydrogen (secondary N) is 1. The van der Waals surface area contributed by atoms with E-state index in [9.17, 15) is 10.1 Å². The standard InChI is InChI=1S/C13H18N2O3/c1-9(13(2)6-7-13)14-11-5-4-10(15(16)17)8-12(11)18-3/h4-5,8-9,14H,6-7H2,1-3H3. The molecule has 1 fully saturated rings. The summed E-state index contributed by atoms with van der Waals surface area (Å²) in [6.07, 6.45) is 2.44. The minimum absolute atomic E-state index is 0.0442. The van der Waals surface area contributed by atoms with E-state index in [0.29, 0.717) is 17.2 Å². The SMILES string of the molecule is COc1cc([N+](=O)[O-])ccc1NC(C)C1(C)CC1. The lowest BCUT2D eigenvalue weighted by Crippen LogP contribution is -2.25. The van der Waals surface area contributed by atoms with Crippen LogP contribution in [0.1, 0.15) is 26.7 Å². The molecule has 0 aliphatic heterocycles. The van der Waals surface area contributed by atoms with Gasteiger partial charge in [-0.3, -0.25) is 10.1 Å². The van der Waals surface area contributed by atoms with E-state index in [1.165, 1.54) is 32.1 Å². The fourth-order valence-electron chi connectivity index (χ4n) is 1.95. The zero-order valence-corrected chi connectivity index (χ0v) is 10.9. The molecule has 0 spiro atoms. The molecule has 0 aromatic heterocycles. The lowest BCUT2D eigenvalue weighted by molar-refractivity contribution is -0.384. The van der Waals surface area contributed by atoms with Crippen LogP contribution in [0.15, 0.2) is 18.2 Å². The molecule has 1 aliphatic carbocycles. The third kappa shape index (κ3) is 2.39. The second-order valence-electron chi connectivity index (χ2n) is 5.16. The van der Waals surface area contributed by atoms with Gasteiger partial charge in [0.15, 0.2) is 0 Å². The van der Waals surface area contributed by atoms with Gasteiger partial charge in [-0.25, -0.2) is 0 Å². The molecule has 98 valence electrons. The molecule has 1 N–H and O–H groups in total. The van der Waals surface area contributed by atoms with E-state index in [1.807, 2.05) is 0 Å².